The van der Waals surface area contributed by atoms with Gasteiger partial charge in [-0.15, -0.1) is 11.3 Å². The van der Waals surface area contributed by atoms with Gasteiger partial charge in [0, 0.05) is 12.1 Å². The van der Waals surface area contributed by atoms with Crippen LogP contribution >= 0.6 is 11.3 Å². The topological polar surface area (TPSA) is 49.3 Å². The van der Waals surface area contributed by atoms with Crippen LogP contribution in [0.4, 0.5) is 0 Å². The molecule has 0 atom stereocenters. The van der Waals surface area contributed by atoms with E-state index in [9.17, 15) is 4.79 Å². The Labute approximate surface area is 111 Å². The molecule has 0 unspecified atom stereocenters. The molecule has 0 aliphatic heterocycles. The van der Waals surface area contributed by atoms with E-state index in [1.165, 1.54) is 37.0 Å². The summed E-state index contributed by atoms with van der Waals surface area (Å²) in [7, 11) is 0. The van der Waals surface area contributed by atoms with Crippen molar-refractivity contribution in [3.8, 4) is 11.8 Å². The Morgan fingerprint density at radius 3 is 3.00 bits per heavy atom. The van der Waals surface area contributed by atoms with Gasteiger partial charge >= 0.3 is 0 Å². The number of amides is 1. The third-order valence-electron chi connectivity index (χ3n) is 3.20. The first-order chi connectivity index (χ1) is 8.81. The van der Waals surface area contributed by atoms with Crippen LogP contribution in [0.5, 0.6) is 0 Å². The molecule has 0 aromatic carbocycles. The van der Waals surface area contributed by atoms with Crippen LogP contribution in [-0.4, -0.2) is 24.2 Å². The van der Waals surface area contributed by atoms with E-state index in [1.54, 1.807) is 0 Å². The van der Waals surface area contributed by atoms with Gasteiger partial charge in [0.25, 0.3) is 5.91 Å². The highest BCUT2D eigenvalue weighted by molar-refractivity contribution is 7.12. The molecule has 0 spiro atoms. The zero-order chi connectivity index (χ0) is 12.8. The molecule has 1 aromatic rings. The fourth-order valence-electron chi connectivity index (χ4n) is 2.25. The molecule has 1 amide bonds. The summed E-state index contributed by atoms with van der Waals surface area (Å²) in [6.07, 6.45) is 5.02. The van der Waals surface area contributed by atoms with Crippen molar-refractivity contribution in [1.82, 2.24) is 5.32 Å². The Bertz CT molecular complexity index is 464. The van der Waals surface area contributed by atoms with Gasteiger partial charge in [-0.3, -0.25) is 4.79 Å². The molecule has 2 rings (SSSR count). The highest BCUT2D eigenvalue weighted by atomic mass is 32.1. The Hall–Kier alpha value is -1.31. The summed E-state index contributed by atoms with van der Waals surface area (Å²) in [6, 6.07) is 1.82. The molecule has 18 heavy (non-hydrogen) atoms. The van der Waals surface area contributed by atoms with Crippen LogP contribution in [0.1, 0.15) is 40.9 Å². The van der Waals surface area contributed by atoms with Gasteiger partial charge in [0.2, 0.25) is 0 Å². The molecule has 0 saturated heterocycles. The average molecular weight is 263 g/mol. The maximum Gasteiger partial charge on any atom is 0.262 e. The molecule has 1 aliphatic carbocycles. The van der Waals surface area contributed by atoms with Gasteiger partial charge in [0.05, 0.1) is 0 Å². The Morgan fingerprint density at radius 2 is 2.28 bits per heavy atom. The largest absolute Gasteiger partial charge is 0.384 e. The van der Waals surface area contributed by atoms with Gasteiger partial charge in [-0.25, -0.2) is 0 Å². The number of thiophene rings is 1. The second-order valence-electron chi connectivity index (χ2n) is 4.48. The normalized spacial score (nSPS) is 15.2. The summed E-state index contributed by atoms with van der Waals surface area (Å²) in [4.78, 5) is 12.7. The number of aliphatic hydroxyl groups is 1. The summed E-state index contributed by atoms with van der Waals surface area (Å²) >= 11 is 1.39. The first kappa shape index (κ1) is 13.1. The molecule has 96 valence electrons. The smallest absolute Gasteiger partial charge is 0.262 e. The van der Waals surface area contributed by atoms with E-state index in [1.807, 2.05) is 11.4 Å². The van der Waals surface area contributed by atoms with Crippen LogP contribution in [0.15, 0.2) is 11.4 Å². The minimum absolute atomic E-state index is 0.0425. The van der Waals surface area contributed by atoms with E-state index >= 15 is 0 Å². The molecule has 1 heterocycles. The predicted octanol–water partition coefficient (Wildman–Crippen LogP) is 2.01. The van der Waals surface area contributed by atoms with Crippen LogP contribution in [0.3, 0.4) is 0 Å². The van der Waals surface area contributed by atoms with E-state index in [0.29, 0.717) is 16.4 Å². The molecular weight excluding hydrogens is 246 g/mol. The van der Waals surface area contributed by atoms with Crippen molar-refractivity contribution in [2.24, 2.45) is 5.92 Å². The van der Waals surface area contributed by atoms with Crippen molar-refractivity contribution in [1.29, 1.82) is 0 Å². The third-order valence-corrected chi connectivity index (χ3v) is 4.11. The fourth-order valence-corrected chi connectivity index (χ4v) is 3.02. The van der Waals surface area contributed by atoms with Gasteiger partial charge in [-0.2, -0.15) is 0 Å². The summed E-state index contributed by atoms with van der Waals surface area (Å²) in [6.45, 7) is 0.586. The van der Waals surface area contributed by atoms with Gasteiger partial charge < -0.3 is 10.4 Å². The van der Waals surface area contributed by atoms with Crippen LogP contribution in [0.25, 0.3) is 0 Å². The number of hydrogen-bond donors (Lipinski definition) is 2. The van der Waals surface area contributed by atoms with Gasteiger partial charge in [0.1, 0.15) is 11.5 Å². The quantitative estimate of drug-likeness (QED) is 0.820. The number of nitrogens with one attached hydrogen (secondary N) is 1. The minimum atomic E-state index is -0.182. The second-order valence-corrected chi connectivity index (χ2v) is 5.40. The third kappa shape index (κ3) is 3.34. The molecule has 1 aliphatic rings. The molecule has 1 fully saturated rings. The zero-order valence-corrected chi connectivity index (χ0v) is 11.1. The summed E-state index contributed by atoms with van der Waals surface area (Å²) in [5, 5.41) is 13.5. The molecular formula is C14H17NO2S. The molecule has 3 nitrogen and oxygen atoms in total. The lowest BCUT2D eigenvalue weighted by Crippen LogP contribution is -2.28. The van der Waals surface area contributed by atoms with Gasteiger partial charge in [-0.05, 0) is 30.2 Å². The molecule has 0 bridgehead atoms. The monoisotopic (exact) mass is 263 g/mol. The van der Waals surface area contributed by atoms with E-state index in [0.717, 1.165) is 6.54 Å². The Morgan fingerprint density at radius 1 is 1.50 bits per heavy atom. The molecule has 2 N–H and O–H groups in total. The molecule has 0 radical (unpaired) electrons. The number of aliphatic hydroxyl groups excluding tert-OH is 1. The van der Waals surface area contributed by atoms with E-state index in [2.05, 4.69) is 17.2 Å². The lowest BCUT2D eigenvalue weighted by atomic mass is 10.1. The molecule has 1 aromatic heterocycles. The van der Waals surface area contributed by atoms with Crippen LogP contribution in [0.2, 0.25) is 0 Å². The Balaban J connectivity index is 1.93. The minimum Gasteiger partial charge on any atom is -0.384 e. The lowest BCUT2D eigenvalue weighted by molar-refractivity contribution is 0.0951. The first-order valence-electron chi connectivity index (χ1n) is 6.26. The summed E-state index contributed by atoms with van der Waals surface area (Å²) < 4.78 is 0. The lowest BCUT2D eigenvalue weighted by Gasteiger charge is -2.09. The maximum atomic E-state index is 12.0. The van der Waals surface area contributed by atoms with Crippen molar-refractivity contribution in [3.05, 3.63) is 21.9 Å². The zero-order valence-electron chi connectivity index (χ0n) is 10.2. The highest BCUT2D eigenvalue weighted by Crippen LogP contribution is 2.24. The molecule has 1 saturated carbocycles. The highest BCUT2D eigenvalue weighted by Gasteiger charge is 2.17. The van der Waals surface area contributed by atoms with Crippen molar-refractivity contribution in [3.63, 3.8) is 0 Å². The number of carbonyl (C=O) groups is 1. The fraction of sp³-hybridized carbons (Fsp3) is 0.500. The van der Waals surface area contributed by atoms with Gasteiger partial charge in [-0.1, -0.05) is 24.7 Å². The van der Waals surface area contributed by atoms with E-state index in [-0.39, 0.29) is 12.5 Å². The number of hydrogen-bond acceptors (Lipinski definition) is 3. The Kier molecular flexibility index (Phi) is 4.80. The first-order valence-corrected chi connectivity index (χ1v) is 7.14. The SMILES string of the molecule is O=C(NCC1CCCC1)c1sccc1C#CCO. The second kappa shape index (κ2) is 6.58. The van der Waals surface area contributed by atoms with E-state index in [4.69, 9.17) is 5.11 Å². The van der Waals surface area contributed by atoms with Crippen LogP contribution in [-0.2, 0) is 0 Å². The van der Waals surface area contributed by atoms with Crippen molar-refractivity contribution >= 4 is 17.2 Å². The summed E-state index contributed by atoms with van der Waals surface area (Å²) in [5.74, 6) is 5.97. The maximum absolute atomic E-state index is 12.0. The van der Waals surface area contributed by atoms with Crippen molar-refractivity contribution in [2.45, 2.75) is 25.7 Å². The van der Waals surface area contributed by atoms with Crippen molar-refractivity contribution in [2.75, 3.05) is 13.2 Å². The van der Waals surface area contributed by atoms with Crippen LogP contribution < -0.4 is 5.32 Å². The van der Waals surface area contributed by atoms with Gasteiger partial charge in [0.15, 0.2) is 0 Å². The van der Waals surface area contributed by atoms with Crippen LogP contribution in [0, 0.1) is 17.8 Å². The average Bonchev–Trinajstić information content (AvgIpc) is 3.04. The number of carbonyl (C=O) groups excluding carboxylic acids is 1. The molecule has 4 heteroatoms. The predicted molar refractivity (Wildman–Crippen MR) is 72.6 cm³/mol. The van der Waals surface area contributed by atoms with Crippen molar-refractivity contribution < 1.29 is 9.90 Å². The summed E-state index contributed by atoms with van der Waals surface area (Å²) in [5.41, 5.74) is 0.706. The standard InChI is InChI=1S/C14H17NO2S/c16-8-3-6-12-7-9-18-13(12)14(17)15-10-11-4-1-2-5-11/h7,9,11,16H,1-2,4-5,8,10H2,(H,15,17). The number of rotatable bonds is 3. The van der Waals surface area contributed by atoms with E-state index < -0.39 is 0 Å².